The van der Waals surface area contributed by atoms with Gasteiger partial charge >= 0.3 is 0 Å². The Hall–Kier alpha value is -1.55. The number of nitrogens with one attached hydrogen (secondary N) is 1. The van der Waals surface area contributed by atoms with Crippen LogP contribution in [-0.2, 0) is 0 Å². The number of carbonyl (C=O) groups excluding carboxylic acids is 1. The first-order valence-electron chi connectivity index (χ1n) is 6.05. The highest BCUT2D eigenvalue weighted by Gasteiger charge is 2.15. The standard InChI is InChI=1S/C15H13Cl2NO2/c16-11-7-4-8-12(17)14(11)15(20)18-9-13(19)10-5-2-1-3-6-10/h1-8,13,19H,9H2,(H,18,20). The summed E-state index contributed by atoms with van der Waals surface area (Å²) in [6, 6.07) is 13.9. The van der Waals surface area contributed by atoms with Gasteiger partial charge in [-0.2, -0.15) is 0 Å². The quantitative estimate of drug-likeness (QED) is 0.908. The molecule has 2 aromatic carbocycles. The van der Waals surface area contributed by atoms with E-state index in [1.165, 1.54) is 0 Å². The van der Waals surface area contributed by atoms with Gasteiger partial charge < -0.3 is 10.4 Å². The molecule has 1 atom stereocenters. The number of rotatable bonds is 4. The number of hydrogen-bond acceptors (Lipinski definition) is 2. The predicted octanol–water partition coefficient (Wildman–Crippen LogP) is 3.46. The second-order valence-corrected chi connectivity index (χ2v) is 5.05. The fourth-order valence-corrected chi connectivity index (χ4v) is 2.35. The third kappa shape index (κ3) is 3.51. The summed E-state index contributed by atoms with van der Waals surface area (Å²) < 4.78 is 0. The van der Waals surface area contributed by atoms with Crippen LogP contribution < -0.4 is 5.32 Å². The Labute approximate surface area is 127 Å². The molecule has 0 aliphatic carbocycles. The zero-order valence-electron chi connectivity index (χ0n) is 10.5. The molecule has 0 aromatic heterocycles. The summed E-state index contributed by atoms with van der Waals surface area (Å²) in [5, 5.41) is 13.2. The maximum atomic E-state index is 12.0. The third-order valence-electron chi connectivity index (χ3n) is 2.83. The average molecular weight is 310 g/mol. The van der Waals surface area contributed by atoms with E-state index in [2.05, 4.69) is 5.32 Å². The number of benzene rings is 2. The lowest BCUT2D eigenvalue weighted by atomic mass is 10.1. The molecule has 2 rings (SSSR count). The predicted molar refractivity (Wildman–Crippen MR) is 80.2 cm³/mol. The molecule has 1 unspecified atom stereocenters. The SMILES string of the molecule is O=C(NCC(O)c1ccccc1)c1c(Cl)cccc1Cl. The summed E-state index contributed by atoms with van der Waals surface area (Å²) in [6.07, 6.45) is -0.776. The van der Waals surface area contributed by atoms with Crippen molar-refractivity contribution in [3.63, 3.8) is 0 Å². The van der Waals surface area contributed by atoms with Crippen molar-refractivity contribution in [3.8, 4) is 0 Å². The number of aliphatic hydroxyl groups excluding tert-OH is 1. The molecular formula is C15H13Cl2NO2. The Morgan fingerprint density at radius 3 is 2.25 bits per heavy atom. The van der Waals surface area contributed by atoms with Crippen molar-refractivity contribution in [1.82, 2.24) is 5.32 Å². The molecule has 2 aromatic rings. The summed E-state index contributed by atoms with van der Waals surface area (Å²) in [5.74, 6) is -0.407. The highest BCUT2D eigenvalue weighted by Crippen LogP contribution is 2.24. The lowest BCUT2D eigenvalue weighted by Gasteiger charge is -2.13. The van der Waals surface area contributed by atoms with Crippen molar-refractivity contribution in [3.05, 3.63) is 69.7 Å². The van der Waals surface area contributed by atoms with E-state index in [9.17, 15) is 9.90 Å². The van der Waals surface area contributed by atoms with Crippen LogP contribution in [0.4, 0.5) is 0 Å². The third-order valence-corrected chi connectivity index (χ3v) is 3.46. The van der Waals surface area contributed by atoms with Crippen LogP contribution in [0.15, 0.2) is 48.5 Å². The molecule has 3 nitrogen and oxygen atoms in total. The zero-order chi connectivity index (χ0) is 14.5. The molecule has 1 amide bonds. The molecule has 0 radical (unpaired) electrons. The lowest BCUT2D eigenvalue weighted by Crippen LogP contribution is -2.28. The summed E-state index contributed by atoms with van der Waals surface area (Å²) >= 11 is 11.9. The minimum atomic E-state index is -0.776. The largest absolute Gasteiger partial charge is 0.387 e. The normalized spacial score (nSPS) is 11.9. The van der Waals surface area contributed by atoms with E-state index in [1.54, 1.807) is 30.3 Å². The molecule has 104 valence electrons. The second-order valence-electron chi connectivity index (χ2n) is 4.23. The molecule has 2 N–H and O–H groups in total. The number of halogens is 2. The smallest absolute Gasteiger partial charge is 0.254 e. The van der Waals surface area contributed by atoms with Crippen LogP contribution in [0, 0.1) is 0 Å². The van der Waals surface area contributed by atoms with Crippen molar-refractivity contribution >= 4 is 29.1 Å². The van der Waals surface area contributed by atoms with Gasteiger partial charge in [-0.1, -0.05) is 59.6 Å². The molecule has 0 fully saturated rings. The molecule has 20 heavy (non-hydrogen) atoms. The van der Waals surface area contributed by atoms with Gasteiger partial charge in [-0.05, 0) is 17.7 Å². The van der Waals surface area contributed by atoms with Crippen LogP contribution in [0.5, 0.6) is 0 Å². The van der Waals surface area contributed by atoms with E-state index in [-0.39, 0.29) is 22.2 Å². The van der Waals surface area contributed by atoms with E-state index < -0.39 is 12.0 Å². The van der Waals surface area contributed by atoms with Crippen molar-refractivity contribution in [2.45, 2.75) is 6.10 Å². The maximum Gasteiger partial charge on any atom is 0.254 e. The molecule has 0 bridgehead atoms. The Morgan fingerprint density at radius 1 is 1.05 bits per heavy atom. The molecule has 0 heterocycles. The first-order chi connectivity index (χ1) is 9.59. The van der Waals surface area contributed by atoms with Gasteiger partial charge in [0, 0.05) is 6.54 Å². The van der Waals surface area contributed by atoms with Crippen LogP contribution in [0.25, 0.3) is 0 Å². The van der Waals surface area contributed by atoms with E-state index >= 15 is 0 Å². The van der Waals surface area contributed by atoms with Gasteiger partial charge in [0.05, 0.1) is 21.7 Å². The highest BCUT2D eigenvalue weighted by atomic mass is 35.5. The van der Waals surface area contributed by atoms with Gasteiger partial charge in [-0.15, -0.1) is 0 Å². The van der Waals surface area contributed by atoms with E-state index in [0.29, 0.717) is 0 Å². The van der Waals surface area contributed by atoms with Gasteiger partial charge in [-0.3, -0.25) is 4.79 Å². The maximum absolute atomic E-state index is 12.0. The molecular weight excluding hydrogens is 297 g/mol. The van der Waals surface area contributed by atoms with Crippen molar-refractivity contribution in [1.29, 1.82) is 0 Å². The minimum Gasteiger partial charge on any atom is -0.387 e. The van der Waals surface area contributed by atoms with E-state index in [4.69, 9.17) is 23.2 Å². The fourth-order valence-electron chi connectivity index (χ4n) is 1.79. The van der Waals surface area contributed by atoms with Gasteiger partial charge in [0.25, 0.3) is 5.91 Å². The van der Waals surface area contributed by atoms with E-state index in [0.717, 1.165) is 5.56 Å². The fraction of sp³-hybridized carbons (Fsp3) is 0.133. The number of amides is 1. The van der Waals surface area contributed by atoms with Gasteiger partial charge in [0.2, 0.25) is 0 Å². The summed E-state index contributed by atoms with van der Waals surface area (Å²) in [7, 11) is 0. The van der Waals surface area contributed by atoms with Crippen LogP contribution in [-0.4, -0.2) is 17.6 Å². The molecule has 0 saturated carbocycles. The number of carbonyl (C=O) groups is 1. The van der Waals surface area contributed by atoms with Gasteiger partial charge in [-0.25, -0.2) is 0 Å². The van der Waals surface area contributed by atoms with Crippen molar-refractivity contribution in [2.75, 3.05) is 6.54 Å². The number of aliphatic hydroxyl groups is 1. The molecule has 0 aliphatic rings. The Kier molecular flexibility index (Phi) is 5.01. The van der Waals surface area contributed by atoms with Crippen LogP contribution in [0.1, 0.15) is 22.0 Å². The van der Waals surface area contributed by atoms with E-state index in [1.807, 2.05) is 18.2 Å². The van der Waals surface area contributed by atoms with Crippen LogP contribution >= 0.6 is 23.2 Å². The topological polar surface area (TPSA) is 49.3 Å². The molecule has 5 heteroatoms. The highest BCUT2D eigenvalue weighted by molar-refractivity contribution is 6.39. The molecule has 0 aliphatic heterocycles. The van der Waals surface area contributed by atoms with Crippen molar-refractivity contribution < 1.29 is 9.90 Å². The van der Waals surface area contributed by atoms with Crippen LogP contribution in [0.3, 0.4) is 0 Å². The van der Waals surface area contributed by atoms with Gasteiger partial charge in [0.15, 0.2) is 0 Å². The Morgan fingerprint density at radius 2 is 1.65 bits per heavy atom. The zero-order valence-corrected chi connectivity index (χ0v) is 12.0. The summed E-state index contributed by atoms with van der Waals surface area (Å²) in [5.41, 5.74) is 0.953. The van der Waals surface area contributed by atoms with Crippen LogP contribution in [0.2, 0.25) is 10.0 Å². The number of hydrogen-bond donors (Lipinski definition) is 2. The lowest BCUT2D eigenvalue weighted by molar-refractivity contribution is 0.0916. The minimum absolute atomic E-state index is 0.0877. The summed E-state index contributed by atoms with van der Waals surface area (Å²) in [6.45, 7) is 0.0877. The summed E-state index contributed by atoms with van der Waals surface area (Å²) in [4.78, 5) is 12.0. The monoisotopic (exact) mass is 309 g/mol. The van der Waals surface area contributed by atoms with Crippen molar-refractivity contribution in [2.24, 2.45) is 0 Å². The Bertz CT molecular complexity index is 582. The average Bonchev–Trinajstić information content (AvgIpc) is 2.45. The Balaban J connectivity index is 2.03. The first kappa shape index (κ1) is 14.9. The second kappa shape index (κ2) is 6.75. The molecule has 0 saturated heterocycles. The molecule has 0 spiro atoms. The van der Waals surface area contributed by atoms with Gasteiger partial charge in [0.1, 0.15) is 0 Å². The first-order valence-corrected chi connectivity index (χ1v) is 6.80.